The van der Waals surface area contributed by atoms with Gasteiger partial charge in [-0.3, -0.25) is 14.6 Å². The minimum absolute atomic E-state index is 0.0480. The molecule has 0 atom stereocenters. The largest absolute Gasteiger partial charge is 0.495 e. The SMILES string of the molecule is COc1cc(S(=O)(=O)N(C)C)ccc1N1CC(=O)N(C(C)C)C1=O. The molecule has 1 saturated heterocycles. The summed E-state index contributed by atoms with van der Waals surface area (Å²) in [4.78, 5) is 27.0. The van der Waals surface area contributed by atoms with Crippen molar-refractivity contribution in [2.75, 3.05) is 32.6 Å². The maximum atomic E-state index is 12.5. The number of urea groups is 1. The first-order valence-corrected chi connectivity index (χ1v) is 8.79. The van der Waals surface area contributed by atoms with Crippen LogP contribution in [0.3, 0.4) is 0 Å². The number of amides is 3. The van der Waals surface area contributed by atoms with Gasteiger partial charge in [-0.15, -0.1) is 0 Å². The first-order chi connectivity index (χ1) is 11.1. The number of methoxy groups -OCH3 is 1. The highest BCUT2D eigenvalue weighted by molar-refractivity contribution is 7.89. The molecule has 8 nitrogen and oxygen atoms in total. The number of carbonyl (C=O) groups excluding carboxylic acids is 2. The minimum atomic E-state index is -3.63. The van der Waals surface area contributed by atoms with E-state index in [9.17, 15) is 18.0 Å². The lowest BCUT2D eigenvalue weighted by Crippen LogP contribution is -2.38. The summed E-state index contributed by atoms with van der Waals surface area (Å²) in [6.45, 7) is 3.40. The van der Waals surface area contributed by atoms with E-state index in [1.807, 2.05) is 0 Å². The lowest BCUT2D eigenvalue weighted by atomic mass is 10.2. The third kappa shape index (κ3) is 2.96. The molecule has 0 N–H and O–H groups in total. The summed E-state index contributed by atoms with van der Waals surface area (Å²) in [7, 11) is 0.616. The Morgan fingerprint density at radius 1 is 1.21 bits per heavy atom. The molecular formula is C15H21N3O5S. The Morgan fingerprint density at radius 2 is 1.83 bits per heavy atom. The molecule has 0 aromatic heterocycles. The molecule has 9 heteroatoms. The van der Waals surface area contributed by atoms with Crippen molar-refractivity contribution < 1.29 is 22.7 Å². The molecule has 1 fully saturated rings. The number of nitrogens with zero attached hydrogens (tertiary/aromatic N) is 3. The number of ether oxygens (including phenoxy) is 1. The van der Waals surface area contributed by atoms with Crippen molar-refractivity contribution in [3.8, 4) is 5.75 Å². The third-order valence-electron chi connectivity index (χ3n) is 3.74. The van der Waals surface area contributed by atoms with E-state index in [0.29, 0.717) is 5.69 Å². The molecule has 1 aromatic rings. The highest BCUT2D eigenvalue weighted by Crippen LogP contribution is 2.34. The van der Waals surface area contributed by atoms with Gasteiger partial charge in [0.25, 0.3) is 5.91 Å². The monoisotopic (exact) mass is 355 g/mol. The lowest BCUT2D eigenvalue weighted by molar-refractivity contribution is -0.125. The quantitative estimate of drug-likeness (QED) is 0.739. The molecule has 3 amide bonds. The van der Waals surface area contributed by atoms with Gasteiger partial charge in [0.15, 0.2) is 0 Å². The summed E-state index contributed by atoms with van der Waals surface area (Å²) in [6.07, 6.45) is 0. The minimum Gasteiger partial charge on any atom is -0.495 e. The summed E-state index contributed by atoms with van der Waals surface area (Å²) in [5, 5.41) is 0. The molecule has 2 rings (SSSR count). The number of hydrogen-bond donors (Lipinski definition) is 0. The van der Waals surface area contributed by atoms with E-state index in [2.05, 4.69) is 0 Å². The van der Waals surface area contributed by atoms with Crippen LogP contribution in [-0.2, 0) is 14.8 Å². The number of carbonyl (C=O) groups is 2. The molecular weight excluding hydrogens is 334 g/mol. The van der Waals surface area contributed by atoms with Gasteiger partial charge in [0.1, 0.15) is 12.3 Å². The molecule has 0 unspecified atom stereocenters. The molecule has 0 aliphatic carbocycles. The van der Waals surface area contributed by atoms with Crippen LogP contribution in [0.4, 0.5) is 10.5 Å². The van der Waals surface area contributed by atoms with E-state index >= 15 is 0 Å². The Balaban J connectivity index is 2.47. The Labute approximate surface area is 141 Å². The standard InChI is InChI=1S/C15H21N3O5S/c1-10(2)18-14(19)9-17(15(18)20)12-7-6-11(8-13(12)23-5)24(21,22)16(3)4/h6-8,10H,9H2,1-5H3. The second-order valence-corrected chi connectivity index (χ2v) is 8.00. The van der Waals surface area contributed by atoms with Gasteiger partial charge in [-0.2, -0.15) is 0 Å². The Kier molecular flexibility index (Phi) is 4.86. The van der Waals surface area contributed by atoms with Crippen LogP contribution >= 0.6 is 0 Å². The second kappa shape index (κ2) is 6.40. The van der Waals surface area contributed by atoms with Crippen molar-refractivity contribution in [2.24, 2.45) is 0 Å². The average Bonchev–Trinajstić information content (AvgIpc) is 2.80. The number of imide groups is 1. The smallest absolute Gasteiger partial charge is 0.332 e. The van der Waals surface area contributed by atoms with Gasteiger partial charge in [0.05, 0.1) is 17.7 Å². The van der Waals surface area contributed by atoms with Gasteiger partial charge in [-0.05, 0) is 26.0 Å². The predicted octanol–water partition coefficient (Wildman–Crippen LogP) is 1.12. The van der Waals surface area contributed by atoms with Crippen LogP contribution in [0.2, 0.25) is 0 Å². The Hall–Kier alpha value is -2.13. The summed E-state index contributed by atoms with van der Waals surface area (Å²) in [6, 6.07) is 3.51. The van der Waals surface area contributed by atoms with Gasteiger partial charge in [0, 0.05) is 26.2 Å². The van der Waals surface area contributed by atoms with E-state index in [-0.39, 0.29) is 29.1 Å². The molecule has 0 saturated carbocycles. The Bertz CT molecular complexity index is 773. The maximum absolute atomic E-state index is 12.5. The summed E-state index contributed by atoms with van der Waals surface area (Å²) in [5.74, 6) is -0.0910. The molecule has 0 spiro atoms. The maximum Gasteiger partial charge on any atom is 0.332 e. The summed E-state index contributed by atoms with van der Waals surface area (Å²) >= 11 is 0. The topological polar surface area (TPSA) is 87.2 Å². The van der Waals surface area contributed by atoms with E-state index in [1.54, 1.807) is 13.8 Å². The van der Waals surface area contributed by atoms with Crippen molar-refractivity contribution >= 4 is 27.6 Å². The van der Waals surface area contributed by atoms with Crippen LogP contribution in [0.1, 0.15) is 13.8 Å². The van der Waals surface area contributed by atoms with E-state index < -0.39 is 16.1 Å². The molecule has 0 radical (unpaired) electrons. The first-order valence-electron chi connectivity index (χ1n) is 7.35. The Morgan fingerprint density at radius 3 is 2.29 bits per heavy atom. The average molecular weight is 355 g/mol. The number of anilines is 1. The highest BCUT2D eigenvalue weighted by Gasteiger charge is 2.39. The molecule has 1 aliphatic heterocycles. The lowest BCUT2D eigenvalue weighted by Gasteiger charge is -2.22. The molecule has 1 heterocycles. The van der Waals surface area contributed by atoms with E-state index in [0.717, 1.165) is 4.31 Å². The van der Waals surface area contributed by atoms with E-state index in [1.165, 1.54) is 49.2 Å². The fourth-order valence-corrected chi connectivity index (χ4v) is 3.38. The zero-order valence-electron chi connectivity index (χ0n) is 14.3. The van der Waals surface area contributed by atoms with Crippen molar-refractivity contribution in [3.63, 3.8) is 0 Å². The molecule has 24 heavy (non-hydrogen) atoms. The van der Waals surface area contributed by atoms with Crippen LogP contribution < -0.4 is 9.64 Å². The molecule has 1 aliphatic rings. The van der Waals surface area contributed by atoms with Crippen LogP contribution in [0, 0.1) is 0 Å². The van der Waals surface area contributed by atoms with Crippen LogP contribution in [0.25, 0.3) is 0 Å². The third-order valence-corrected chi connectivity index (χ3v) is 5.55. The first kappa shape index (κ1) is 18.2. The van der Waals surface area contributed by atoms with Crippen molar-refractivity contribution in [1.82, 2.24) is 9.21 Å². The van der Waals surface area contributed by atoms with Gasteiger partial charge < -0.3 is 4.74 Å². The van der Waals surface area contributed by atoms with Gasteiger partial charge >= 0.3 is 6.03 Å². The van der Waals surface area contributed by atoms with E-state index in [4.69, 9.17) is 4.74 Å². The number of sulfonamides is 1. The predicted molar refractivity (Wildman–Crippen MR) is 88.6 cm³/mol. The van der Waals surface area contributed by atoms with Crippen LogP contribution in [-0.4, -0.2) is 63.4 Å². The fraction of sp³-hybridized carbons (Fsp3) is 0.467. The normalized spacial score (nSPS) is 15.8. The van der Waals surface area contributed by atoms with Gasteiger partial charge in [-0.25, -0.2) is 17.5 Å². The number of rotatable bonds is 5. The summed E-state index contributed by atoms with van der Waals surface area (Å²) in [5.41, 5.74) is 0.358. The van der Waals surface area contributed by atoms with Crippen LogP contribution in [0.5, 0.6) is 5.75 Å². The number of hydrogen-bond acceptors (Lipinski definition) is 5. The fourth-order valence-electron chi connectivity index (χ4n) is 2.47. The van der Waals surface area contributed by atoms with Gasteiger partial charge in [0.2, 0.25) is 10.0 Å². The number of benzene rings is 1. The van der Waals surface area contributed by atoms with Crippen LogP contribution in [0.15, 0.2) is 23.1 Å². The molecule has 1 aromatic carbocycles. The second-order valence-electron chi connectivity index (χ2n) is 5.85. The van der Waals surface area contributed by atoms with Crippen molar-refractivity contribution in [3.05, 3.63) is 18.2 Å². The molecule has 0 bridgehead atoms. The van der Waals surface area contributed by atoms with Crippen molar-refractivity contribution in [1.29, 1.82) is 0 Å². The van der Waals surface area contributed by atoms with Crippen molar-refractivity contribution in [2.45, 2.75) is 24.8 Å². The summed E-state index contributed by atoms with van der Waals surface area (Å²) < 4.78 is 30.8. The zero-order valence-corrected chi connectivity index (χ0v) is 15.1. The highest BCUT2D eigenvalue weighted by atomic mass is 32.2. The van der Waals surface area contributed by atoms with Gasteiger partial charge in [-0.1, -0.05) is 0 Å². The molecule has 132 valence electrons. The zero-order chi connectivity index (χ0) is 18.2.